The Labute approximate surface area is 123 Å². The van der Waals surface area contributed by atoms with Gasteiger partial charge in [0.25, 0.3) is 5.91 Å². The van der Waals surface area contributed by atoms with E-state index in [0.717, 1.165) is 11.8 Å². The number of sulfone groups is 1. The van der Waals surface area contributed by atoms with Crippen LogP contribution in [0.1, 0.15) is 15.9 Å². The summed E-state index contributed by atoms with van der Waals surface area (Å²) in [6, 6.07) is 15.3. The molecule has 0 saturated carbocycles. The minimum Gasteiger partial charge on any atom is -0.269 e. The molecule has 0 spiro atoms. The molecule has 5 nitrogen and oxygen atoms in total. The van der Waals surface area contributed by atoms with Crippen LogP contribution in [0.3, 0.4) is 0 Å². The predicted octanol–water partition coefficient (Wildman–Crippen LogP) is 1.95. The van der Waals surface area contributed by atoms with Gasteiger partial charge in [-0.25, -0.2) is 13.9 Å². The number of hydrogen-bond donors (Lipinski definition) is 1. The van der Waals surface area contributed by atoms with Gasteiger partial charge in [-0.2, -0.15) is 0 Å². The van der Waals surface area contributed by atoms with Crippen molar-refractivity contribution in [2.75, 3.05) is 6.26 Å². The van der Waals surface area contributed by atoms with Crippen molar-refractivity contribution in [3.8, 4) is 0 Å². The smallest absolute Gasteiger partial charge is 0.269 e. The molecule has 0 bridgehead atoms. The summed E-state index contributed by atoms with van der Waals surface area (Å²) in [5, 5.41) is 0. The molecule has 0 aliphatic rings. The van der Waals surface area contributed by atoms with E-state index >= 15 is 0 Å². The lowest BCUT2D eigenvalue weighted by Crippen LogP contribution is -2.25. The van der Waals surface area contributed by atoms with Crippen molar-refractivity contribution in [1.82, 2.24) is 5.48 Å². The van der Waals surface area contributed by atoms with Crippen LogP contribution < -0.4 is 5.48 Å². The average molecular weight is 305 g/mol. The molecule has 0 heterocycles. The topological polar surface area (TPSA) is 72.5 Å². The van der Waals surface area contributed by atoms with Gasteiger partial charge >= 0.3 is 0 Å². The Morgan fingerprint density at radius 1 is 1.05 bits per heavy atom. The zero-order valence-corrected chi connectivity index (χ0v) is 12.3. The number of carbonyl (C=O) groups is 1. The van der Waals surface area contributed by atoms with Gasteiger partial charge in [-0.05, 0) is 17.7 Å². The van der Waals surface area contributed by atoms with Gasteiger partial charge in [-0.15, -0.1) is 0 Å². The molecule has 2 aromatic carbocycles. The Hall–Kier alpha value is -2.18. The number of hydrogen-bond acceptors (Lipinski definition) is 4. The van der Waals surface area contributed by atoms with E-state index in [1.807, 2.05) is 30.3 Å². The van der Waals surface area contributed by atoms with Crippen molar-refractivity contribution in [2.45, 2.75) is 11.5 Å². The summed E-state index contributed by atoms with van der Waals surface area (Å²) in [6.45, 7) is 0.202. The molecular formula is C15H15NO4S. The molecule has 1 amide bonds. The summed E-state index contributed by atoms with van der Waals surface area (Å²) >= 11 is 0. The van der Waals surface area contributed by atoms with E-state index in [0.29, 0.717) is 0 Å². The van der Waals surface area contributed by atoms with Crippen LogP contribution in [0.5, 0.6) is 0 Å². The lowest BCUT2D eigenvalue weighted by atomic mass is 10.2. The highest BCUT2D eigenvalue weighted by Gasteiger charge is 2.18. The molecule has 1 N–H and O–H groups in total. The first kappa shape index (κ1) is 15.2. The van der Waals surface area contributed by atoms with Crippen LogP contribution in [0.15, 0.2) is 59.5 Å². The van der Waals surface area contributed by atoms with Gasteiger partial charge in [0.05, 0.1) is 17.1 Å². The Bertz CT molecular complexity index is 726. The number of carbonyl (C=O) groups excluding carboxylic acids is 1. The molecule has 0 radical (unpaired) electrons. The molecule has 6 heteroatoms. The number of nitrogens with one attached hydrogen (secondary N) is 1. The minimum absolute atomic E-state index is 0.0224. The molecule has 21 heavy (non-hydrogen) atoms. The molecule has 0 aliphatic heterocycles. The highest BCUT2D eigenvalue weighted by Crippen LogP contribution is 2.15. The molecule has 2 rings (SSSR count). The van der Waals surface area contributed by atoms with Gasteiger partial charge in [0.2, 0.25) is 0 Å². The van der Waals surface area contributed by atoms with Crippen LogP contribution in [0.25, 0.3) is 0 Å². The predicted molar refractivity (Wildman–Crippen MR) is 78.2 cm³/mol. The summed E-state index contributed by atoms with van der Waals surface area (Å²) in [4.78, 5) is 17.1. The van der Waals surface area contributed by atoms with Crippen molar-refractivity contribution in [1.29, 1.82) is 0 Å². The van der Waals surface area contributed by atoms with Gasteiger partial charge in [0.15, 0.2) is 9.84 Å². The van der Waals surface area contributed by atoms with Gasteiger partial charge in [0.1, 0.15) is 0 Å². The first-order valence-corrected chi connectivity index (χ1v) is 8.13. The third kappa shape index (κ3) is 4.14. The quantitative estimate of drug-likeness (QED) is 0.857. The van der Waals surface area contributed by atoms with Crippen molar-refractivity contribution in [2.24, 2.45) is 0 Å². The fourth-order valence-corrected chi connectivity index (χ4v) is 2.68. The number of hydroxylamine groups is 1. The van der Waals surface area contributed by atoms with E-state index in [9.17, 15) is 13.2 Å². The second kappa shape index (κ2) is 6.51. The zero-order valence-electron chi connectivity index (χ0n) is 11.4. The summed E-state index contributed by atoms with van der Waals surface area (Å²) in [6.07, 6.45) is 1.06. The van der Waals surface area contributed by atoms with Gasteiger partial charge < -0.3 is 0 Å². The first-order valence-electron chi connectivity index (χ1n) is 6.23. The Morgan fingerprint density at radius 3 is 2.33 bits per heavy atom. The Morgan fingerprint density at radius 2 is 1.67 bits per heavy atom. The van der Waals surface area contributed by atoms with E-state index < -0.39 is 15.7 Å². The standard InChI is InChI=1S/C15H15NO4S/c1-21(18,19)14-10-6-5-9-13(14)15(17)16-20-11-12-7-3-2-4-8-12/h2-10H,11H2,1H3,(H,16,17). The third-order valence-corrected chi connectivity index (χ3v) is 3.93. The number of rotatable bonds is 5. The molecule has 110 valence electrons. The summed E-state index contributed by atoms with van der Waals surface area (Å²) in [5.41, 5.74) is 3.22. The van der Waals surface area contributed by atoms with Crippen LogP contribution in [-0.2, 0) is 21.3 Å². The first-order chi connectivity index (χ1) is 9.98. The maximum atomic E-state index is 12.0. The van der Waals surface area contributed by atoms with Crippen molar-refractivity contribution in [3.63, 3.8) is 0 Å². The number of amides is 1. The highest BCUT2D eigenvalue weighted by molar-refractivity contribution is 7.90. The molecule has 0 aromatic heterocycles. The molecule has 2 aromatic rings. The largest absolute Gasteiger partial charge is 0.276 e. The van der Waals surface area contributed by atoms with Crippen LogP contribution in [-0.4, -0.2) is 20.6 Å². The van der Waals surface area contributed by atoms with E-state index in [4.69, 9.17) is 4.84 Å². The zero-order chi connectivity index (χ0) is 15.3. The fraction of sp³-hybridized carbons (Fsp3) is 0.133. The summed E-state index contributed by atoms with van der Waals surface area (Å²) < 4.78 is 23.3. The van der Waals surface area contributed by atoms with Crippen molar-refractivity contribution < 1.29 is 18.0 Å². The Balaban J connectivity index is 2.05. The van der Waals surface area contributed by atoms with E-state index in [2.05, 4.69) is 5.48 Å². The highest BCUT2D eigenvalue weighted by atomic mass is 32.2. The van der Waals surface area contributed by atoms with Crippen molar-refractivity contribution in [3.05, 3.63) is 65.7 Å². The van der Waals surface area contributed by atoms with Gasteiger partial charge in [-0.3, -0.25) is 9.63 Å². The summed E-state index contributed by atoms with van der Waals surface area (Å²) in [7, 11) is -3.47. The number of benzene rings is 2. The van der Waals surface area contributed by atoms with Crippen molar-refractivity contribution >= 4 is 15.7 Å². The fourth-order valence-electron chi connectivity index (χ4n) is 1.79. The maximum absolute atomic E-state index is 12.0. The third-order valence-electron chi connectivity index (χ3n) is 2.78. The van der Waals surface area contributed by atoms with E-state index in [1.54, 1.807) is 12.1 Å². The monoisotopic (exact) mass is 305 g/mol. The second-order valence-corrected chi connectivity index (χ2v) is 6.46. The van der Waals surface area contributed by atoms with Crippen LogP contribution in [0.2, 0.25) is 0 Å². The summed E-state index contributed by atoms with van der Waals surface area (Å²) in [5.74, 6) is -0.591. The van der Waals surface area contributed by atoms with Gasteiger partial charge in [0, 0.05) is 6.26 Å². The molecule has 0 atom stereocenters. The molecule has 0 fully saturated rings. The van der Waals surface area contributed by atoms with Crippen LogP contribution in [0, 0.1) is 0 Å². The van der Waals surface area contributed by atoms with E-state index in [1.165, 1.54) is 12.1 Å². The molecular weight excluding hydrogens is 290 g/mol. The normalized spacial score (nSPS) is 11.1. The van der Waals surface area contributed by atoms with E-state index in [-0.39, 0.29) is 17.1 Å². The molecule has 0 unspecified atom stereocenters. The second-order valence-electron chi connectivity index (χ2n) is 4.47. The minimum atomic E-state index is -3.47. The lowest BCUT2D eigenvalue weighted by Gasteiger charge is -2.09. The lowest BCUT2D eigenvalue weighted by molar-refractivity contribution is 0.0231. The molecule has 0 aliphatic carbocycles. The molecule has 0 saturated heterocycles. The van der Waals surface area contributed by atoms with Crippen LogP contribution >= 0.6 is 0 Å². The maximum Gasteiger partial charge on any atom is 0.276 e. The average Bonchev–Trinajstić information content (AvgIpc) is 2.47. The Kier molecular flexibility index (Phi) is 4.72. The van der Waals surface area contributed by atoms with Gasteiger partial charge in [-0.1, -0.05) is 42.5 Å². The SMILES string of the molecule is CS(=O)(=O)c1ccccc1C(=O)NOCc1ccccc1. The van der Waals surface area contributed by atoms with Crippen LogP contribution in [0.4, 0.5) is 0 Å².